The first-order chi connectivity index (χ1) is 7.49. The van der Waals surface area contributed by atoms with Gasteiger partial charge in [-0.3, -0.25) is 4.79 Å². The predicted octanol–water partition coefficient (Wildman–Crippen LogP) is 4.91. The fourth-order valence-corrected chi connectivity index (χ4v) is 4.32. The normalized spacial score (nSPS) is 10.8. The van der Waals surface area contributed by atoms with Gasteiger partial charge in [-0.25, -0.2) is 4.98 Å². The number of carbonyl (C=O) groups is 1. The lowest BCUT2D eigenvalue weighted by molar-refractivity contribution is 0.102. The molecule has 2 heterocycles. The third kappa shape index (κ3) is 2.30. The zero-order chi connectivity index (χ0) is 11.9. The summed E-state index contributed by atoms with van der Waals surface area (Å²) in [6.07, 6.45) is 0. The Kier molecular flexibility index (Phi) is 3.63. The molecule has 2 rings (SSSR count). The molecule has 0 aliphatic rings. The molecule has 2 aromatic rings. The second-order valence-corrected chi connectivity index (χ2v) is 7.45. The van der Waals surface area contributed by atoms with Gasteiger partial charge in [0.05, 0.1) is 19.2 Å². The molecule has 0 bridgehead atoms. The highest BCUT2D eigenvalue weighted by Crippen LogP contribution is 2.40. The van der Waals surface area contributed by atoms with Gasteiger partial charge in [-0.15, -0.1) is 22.7 Å². The fourth-order valence-electron chi connectivity index (χ4n) is 1.28. The number of aromatic nitrogens is 1. The molecular formula is C10H7Br2NOS2. The van der Waals surface area contributed by atoms with Crippen LogP contribution in [0.3, 0.4) is 0 Å². The van der Waals surface area contributed by atoms with Gasteiger partial charge < -0.3 is 0 Å². The van der Waals surface area contributed by atoms with Gasteiger partial charge in [-0.1, -0.05) is 0 Å². The summed E-state index contributed by atoms with van der Waals surface area (Å²) in [7, 11) is 0. The number of ketones is 1. The van der Waals surface area contributed by atoms with Crippen molar-refractivity contribution in [1.29, 1.82) is 0 Å². The molecule has 0 atom stereocenters. The number of thiophene rings is 1. The number of thiazole rings is 1. The minimum absolute atomic E-state index is 0.0796. The molecule has 0 saturated carbocycles. The van der Waals surface area contributed by atoms with Crippen LogP contribution in [-0.4, -0.2) is 10.8 Å². The van der Waals surface area contributed by atoms with Crippen molar-refractivity contribution in [2.24, 2.45) is 0 Å². The molecule has 0 unspecified atom stereocenters. The highest BCUT2D eigenvalue weighted by molar-refractivity contribution is 9.13. The Morgan fingerprint density at radius 3 is 2.50 bits per heavy atom. The number of Topliss-reactive ketones (excluding diaryl/α,β-unsaturated/α-hetero) is 1. The first-order valence-corrected chi connectivity index (χ1v) is 7.64. The van der Waals surface area contributed by atoms with Crippen LogP contribution < -0.4 is 0 Å². The molecule has 2 nitrogen and oxygen atoms in total. The SMILES string of the molecule is CC(=O)c1sc(-c2cc(Br)c(Br)s2)nc1C. The molecule has 0 radical (unpaired) electrons. The minimum Gasteiger partial charge on any atom is -0.294 e. The van der Waals surface area contributed by atoms with Gasteiger partial charge in [-0.05, 0) is 44.8 Å². The van der Waals surface area contributed by atoms with Crippen molar-refractivity contribution in [3.8, 4) is 9.88 Å². The molecule has 0 aliphatic carbocycles. The standard InChI is InChI=1S/C10H7Br2NOS2/c1-4-8(5(2)14)16-10(13-4)7-3-6(11)9(12)15-7/h3H,1-2H3. The van der Waals surface area contributed by atoms with Crippen molar-refractivity contribution < 1.29 is 4.79 Å². The zero-order valence-corrected chi connectivity index (χ0v) is 13.3. The zero-order valence-electron chi connectivity index (χ0n) is 8.51. The topological polar surface area (TPSA) is 30.0 Å². The fraction of sp³-hybridized carbons (Fsp3) is 0.200. The van der Waals surface area contributed by atoms with Crippen LogP contribution in [0.25, 0.3) is 9.88 Å². The van der Waals surface area contributed by atoms with E-state index in [2.05, 4.69) is 36.8 Å². The summed E-state index contributed by atoms with van der Waals surface area (Å²) in [4.78, 5) is 17.6. The van der Waals surface area contributed by atoms with Crippen molar-refractivity contribution in [3.63, 3.8) is 0 Å². The average Bonchev–Trinajstić information content (AvgIpc) is 2.71. The smallest absolute Gasteiger partial charge is 0.171 e. The van der Waals surface area contributed by atoms with E-state index in [4.69, 9.17) is 0 Å². The highest BCUT2D eigenvalue weighted by atomic mass is 79.9. The number of carbonyl (C=O) groups excluding carboxylic acids is 1. The number of hydrogen-bond donors (Lipinski definition) is 0. The molecule has 0 aliphatic heterocycles. The average molecular weight is 381 g/mol. The monoisotopic (exact) mass is 379 g/mol. The molecule has 0 amide bonds. The Bertz CT molecular complexity index is 540. The molecule has 0 N–H and O–H groups in total. The van der Waals surface area contributed by atoms with Gasteiger partial charge in [0, 0.05) is 11.4 Å². The van der Waals surface area contributed by atoms with E-state index in [1.807, 2.05) is 13.0 Å². The molecule has 0 saturated heterocycles. The second kappa shape index (κ2) is 4.68. The van der Waals surface area contributed by atoms with Crippen molar-refractivity contribution in [2.75, 3.05) is 0 Å². The lowest BCUT2D eigenvalue weighted by atomic mass is 10.3. The van der Waals surface area contributed by atoms with Crippen molar-refractivity contribution in [1.82, 2.24) is 4.98 Å². The maximum absolute atomic E-state index is 11.3. The minimum atomic E-state index is 0.0796. The van der Waals surface area contributed by atoms with E-state index in [1.54, 1.807) is 18.3 Å². The first-order valence-electron chi connectivity index (χ1n) is 4.42. The quantitative estimate of drug-likeness (QED) is 0.693. The molecule has 0 spiro atoms. The maximum atomic E-state index is 11.3. The van der Waals surface area contributed by atoms with Gasteiger partial charge in [0.2, 0.25) is 0 Å². The molecule has 0 aromatic carbocycles. The Morgan fingerprint density at radius 1 is 1.38 bits per heavy atom. The molecular weight excluding hydrogens is 374 g/mol. The van der Waals surface area contributed by atoms with E-state index < -0.39 is 0 Å². The molecule has 6 heteroatoms. The van der Waals surface area contributed by atoms with Gasteiger partial charge in [0.25, 0.3) is 0 Å². The van der Waals surface area contributed by atoms with Crippen LogP contribution in [-0.2, 0) is 0 Å². The Labute approximate surface area is 118 Å². The Balaban J connectivity index is 2.49. The third-order valence-corrected chi connectivity index (χ3v) is 6.66. The summed E-state index contributed by atoms with van der Waals surface area (Å²) in [5.41, 5.74) is 0.813. The van der Waals surface area contributed by atoms with Gasteiger partial charge in [-0.2, -0.15) is 0 Å². The van der Waals surface area contributed by atoms with Crippen molar-refractivity contribution in [3.05, 3.63) is 24.9 Å². The molecule has 16 heavy (non-hydrogen) atoms. The van der Waals surface area contributed by atoms with Crippen molar-refractivity contribution >= 4 is 60.3 Å². The largest absolute Gasteiger partial charge is 0.294 e. The number of halogens is 2. The Morgan fingerprint density at radius 2 is 2.06 bits per heavy atom. The van der Waals surface area contributed by atoms with E-state index in [9.17, 15) is 4.79 Å². The first kappa shape index (κ1) is 12.4. The summed E-state index contributed by atoms with van der Waals surface area (Å²) in [6.45, 7) is 3.44. The van der Waals surface area contributed by atoms with E-state index in [-0.39, 0.29) is 5.78 Å². The van der Waals surface area contributed by atoms with Gasteiger partial charge in [0.1, 0.15) is 5.01 Å². The number of rotatable bonds is 2. The molecule has 0 fully saturated rings. The lowest BCUT2D eigenvalue weighted by Gasteiger charge is -1.86. The van der Waals surface area contributed by atoms with Gasteiger partial charge >= 0.3 is 0 Å². The van der Waals surface area contributed by atoms with Crippen LogP contribution in [0.5, 0.6) is 0 Å². The van der Waals surface area contributed by atoms with Crippen LogP contribution in [0.4, 0.5) is 0 Å². The predicted molar refractivity (Wildman–Crippen MR) is 75.6 cm³/mol. The number of nitrogens with zero attached hydrogens (tertiary/aromatic N) is 1. The van der Waals surface area contributed by atoms with Crippen LogP contribution in [0, 0.1) is 6.92 Å². The van der Waals surface area contributed by atoms with Gasteiger partial charge in [0.15, 0.2) is 5.78 Å². The highest BCUT2D eigenvalue weighted by Gasteiger charge is 2.15. The van der Waals surface area contributed by atoms with Crippen LogP contribution in [0.2, 0.25) is 0 Å². The van der Waals surface area contributed by atoms with E-state index in [0.717, 1.165) is 28.7 Å². The third-order valence-electron chi connectivity index (χ3n) is 1.97. The van der Waals surface area contributed by atoms with E-state index in [1.165, 1.54) is 11.3 Å². The van der Waals surface area contributed by atoms with Crippen LogP contribution >= 0.6 is 54.5 Å². The summed E-state index contributed by atoms with van der Waals surface area (Å²) in [6, 6.07) is 2.01. The maximum Gasteiger partial charge on any atom is 0.171 e. The van der Waals surface area contributed by atoms with E-state index >= 15 is 0 Å². The molecule has 84 valence electrons. The van der Waals surface area contributed by atoms with E-state index in [0.29, 0.717) is 0 Å². The van der Waals surface area contributed by atoms with Crippen molar-refractivity contribution in [2.45, 2.75) is 13.8 Å². The van der Waals surface area contributed by atoms with Crippen LogP contribution in [0.1, 0.15) is 22.3 Å². The number of hydrogen-bond acceptors (Lipinski definition) is 4. The lowest BCUT2D eigenvalue weighted by Crippen LogP contribution is -1.89. The summed E-state index contributed by atoms with van der Waals surface area (Å²) < 4.78 is 2.06. The second-order valence-electron chi connectivity index (χ2n) is 3.22. The Hall–Kier alpha value is -0.0400. The summed E-state index contributed by atoms with van der Waals surface area (Å²) >= 11 is 9.95. The summed E-state index contributed by atoms with van der Waals surface area (Å²) in [5, 5.41) is 0.902. The van der Waals surface area contributed by atoms with Crippen LogP contribution in [0.15, 0.2) is 14.3 Å². The summed E-state index contributed by atoms with van der Waals surface area (Å²) in [5.74, 6) is 0.0796. The number of aryl methyl sites for hydroxylation is 1. The molecule has 2 aromatic heterocycles.